The molecule has 0 unspecified atom stereocenters. The number of benzene rings is 2. The first-order valence-electron chi connectivity index (χ1n) is 13.1. The van der Waals surface area contributed by atoms with Gasteiger partial charge in [-0.05, 0) is 55.3 Å². The minimum Gasteiger partial charge on any atom is -0.476 e. The summed E-state index contributed by atoms with van der Waals surface area (Å²) < 4.78 is 41.6. The molecule has 1 aliphatic rings. The number of fused-ring (bicyclic) bond motifs is 1. The van der Waals surface area contributed by atoms with E-state index in [9.17, 15) is 14.0 Å². The summed E-state index contributed by atoms with van der Waals surface area (Å²) in [6.45, 7) is 0.995. The van der Waals surface area contributed by atoms with Gasteiger partial charge in [-0.15, -0.1) is 0 Å². The van der Waals surface area contributed by atoms with Gasteiger partial charge in [0, 0.05) is 48.3 Å². The number of hydrogen-bond acceptors (Lipinski definition) is 7. The molecule has 2 N–H and O–H groups in total. The Hall–Kier alpha value is -5.39. The maximum absolute atomic E-state index is 15.1. The van der Waals surface area contributed by atoms with E-state index in [1.54, 1.807) is 30.9 Å². The smallest absolute Gasteiger partial charge is 0.240 e. The number of imidazole rings is 1. The van der Waals surface area contributed by atoms with Crippen LogP contribution in [0, 0.1) is 17.0 Å². The Balaban J connectivity index is 1.10. The molecule has 12 heteroatoms. The van der Waals surface area contributed by atoms with E-state index in [0.717, 1.165) is 6.07 Å². The lowest BCUT2D eigenvalue weighted by Gasteiger charge is -2.16. The summed E-state index contributed by atoms with van der Waals surface area (Å²) in [6.07, 6.45) is 8.99. The molecule has 6 rings (SSSR count). The minimum absolute atomic E-state index is 0.0728. The molecular formula is C30H24F2N6O4. The Kier molecular flexibility index (Phi) is 7.17. The van der Waals surface area contributed by atoms with Crippen LogP contribution in [0.4, 0.5) is 20.2 Å². The van der Waals surface area contributed by atoms with Crippen molar-refractivity contribution in [1.29, 1.82) is 0 Å². The number of ether oxygens (including phenoxy) is 2. The van der Waals surface area contributed by atoms with Crippen LogP contribution in [0.25, 0.3) is 10.9 Å². The van der Waals surface area contributed by atoms with Crippen molar-refractivity contribution >= 4 is 34.1 Å². The highest BCUT2D eigenvalue weighted by Crippen LogP contribution is 2.47. The van der Waals surface area contributed by atoms with Crippen LogP contribution in [0.5, 0.6) is 17.4 Å². The zero-order valence-electron chi connectivity index (χ0n) is 22.1. The second kappa shape index (κ2) is 11.2. The van der Waals surface area contributed by atoms with Crippen LogP contribution in [0.2, 0.25) is 0 Å². The molecule has 2 aromatic carbocycles. The molecule has 0 aliphatic heterocycles. The molecule has 42 heavy (non-hydrogen) atoms. The number of nitrogens with zero attached hydrogens (tertiary/aromatic N) is 4. The standard InChI is InChI=1S/C30H24F2N6O4/c31-19-1-3-20(4-2-19)36-28(39)30(8-9-30)29(40)37-21-5-6-26(23(32)15-21)42-25-7-10-34-24-16-27(35-17-22(24)25)41-14-13-38-12-11-33-18-38/h1-7,10-12,15-18H,8-9,13-14H2,(H,36,39)(H,37,40). The van der Waals surface area contributed by atoms with E-state index < -0.39 is 28.9 Å². The van der Waals surface area contributed by atoms with Crippen molar-refractivity contribution in [3.8, 4) is 17.4 Å². The van der Waals surface area contributed by atoms with Crippen molar-refractivity contribution in [2.45, 2.75) is 19.4 Å². The van der Waals surface area contributed by atoms with Gasteiger partial charge in [0.2, 0.25) is 17.7 Å². The van der Waals surface area contributed by atoms with Crippen LogP contribution in [0.3, 0.4) is 0 Å². The number of hydrogen-bond donors (Lipinski definition) is 2. The van der Waals surface area contributed by atoms with Gasteiger partial charge in [0.05, 0.1) is 23.8 Å². The quantitative estimate of drug-likeness (QED) is 0.218. The Labute approximate surface area is 238 Å². The first-order chi connectivity index (χ1) is 20.4. The fraction of sp³-hybridized carbons (Fsp3) is 0.167. The lowest BCUT2D eigenvalue weighted by atomic mass is 10.0. The summed E-state index contributed by atoms with van der Waals surface area (Å²) in [5.41, 5.74) is -0.172. The number of amides is 2. The normalized spacial score (nSPS) is 13.4. The van der Waals surface area contributed by atoms with Gasteiger partial charge in [0.25, 0.3) is 0 Å². The number of aromatic nitrogens is 4. The molecular weight excluding hydrogens is 546 g/mol. The average Bonchev–Trinajstić information content (AvgIpc) is 3.65. The molecule has 0 spiro atoms. The van der Waals surface area contributed by atoms with Gasteiger partial charge in [-0.3, -0.25) is 14.6 Å². The Bertz CT molecular complexity index is 1760. The topological polar surface area (TPSA) is 120 Å². The van der Waals surface area contributed by atoms with E-state index >= 15 is 4.39 Å². The zero-order valence-corrected chi connectivity index (χ0v) is 22.1. The molecule has 5 aromatic rings. The highest BCUT2D eigenvalue weighted by Gasteiger charge is 2.56. The first-order valence-corrected chi connectivity index (χ1v) is 13.1. The largest absolute Gasteiger partial charge is 0.476 e. The van der Waals surface area contributed by atoms with Gasteiger partial charge >= 0.3 is 0 Å². The summed E-state index contributed by atoms with van der Waals surface area (Å²) in [7, 11) is 0. The van der Waals surface area contributed by atoms with Gasteiger partial charge < -0.3 is 24.7 Å². The predicted octanol–water partition coefficient (Wildman–Crippen LogP) is 5.33. The third-order valence-electron chi connectivity index (χ3n) is 6.85. The monoisotopic (exact) mass is 570 g/mol. The van der Waals surface area contributed by atoms with Crippen molar-refractivity contribution in [2.24, 2.45) is 5.41 Å². The van der Waals surface area contributed by atoms with E-state index in [2.05, 4.69) is 25.6 Å². The summed E-state index contributed by atoms with van der Waals surface area (Å²) in [5, 5.41) is 5.81. The van der Waals surface area contributed by atoms with Gasteiger partial charge in [-0.2, -0.15) is 0 Å². The highest BCUT2D eigenvalue weighted by molar-refractivity contribution is 6.16. The fourth-order valence-electron chi connectivity index (χ4n) is 4.34. The SMILES string of the molecule is O=C(Nc1ccc(F)cc1)C1(C(=O)Nc2ccc(Oc3ccnc4cc(OCCn5ccnc5)ncc34)c(F)c2)CC1. The molecule has 212 valence electrons. The molecule has 0 atom stereocenters. The lowest BCUT2D eigenvalue weighted by molar-refractivity contribution is -0.131. The van der Waals surface area contributed by atoms with Crippen LogP contribution >= 0.6 is 0 Å². The summed E-state index contributed by atoms with van der Waals surface area (Å²) >= 11 is 0. The minimum atomic E-state index is -1.27. The van der Waals surface area contributed by atoms with Gasteiger partial charge in [0.1, 0.15) is 23.6 Å². The third kappa shape index (κ3) is 5.73. The molecule has 1 fully saturated rings. The Morgan fingerprint density at radius 1 is 0.905 bits per heavy atom. The van der Waals surface area contributed by atoms with Crippen LogP contribution in [-0.4, -0.2) is 37.9 Å². The summed E-state index contributed by atoms with van der Waals surface area (Å²) in [6, 6.07) is 12.5. The molecule has 3 heterocycles. The summed E-state index contributed by atoms with van der Waals surface area (Å²) in [4.78, 5) is 38.4. The molecule has 10 nitrogen and oxygen atoms in total. The highest BCUT2D eigenvalue weighted by atomic mass is 19.1. The van der Waals surface area contributed by atoms with Crippen molar-refractivity contribution in [3.05, 3.63) is 97.3 Å². The Morgan fingerprint density at radius 3 is 2.38 bits per heavy atom. The van der Waals surface area contributed by atoms with E-state index in [1.165, 1.54) is 42.6 Å². The van der Waals surface area contributed by atoms with Gasteiger partial charge in [-0.1, -0.05) is 0 Å². The predicted molar refractivity (Wildman–Crippen MR) is 149 cm³/mol. The second-order valence-electron chi connectivity index (χ2n) is 9.74. The van der Waals surface area contributed by atoms with Crippen molar-refractivity contribution in [3.63, 3.8) is 0 Å². The number of anilines is 2. The maximum atomic E-state index is 15.1. The maximum Gasteiger partial charge on any atom is 0.240 e. The van der Waals surface area contributed by atoms with Crippen molar-refractivity contribution in [1.82, 2.24) is 19.5 Å². The molecule has 0 bridgehead atoms. The average molecular weight is 571 g/mol. The molecule has 2 amide bonds. The van der Waals surface area contributed by atoms with Crippen molar-refractivity contribution in [2.75, 3.05) is 17.2 Å². The van der Waals surface area contributed by atoms with Crippen LogP contribution in [-0.2, 0) is 16.1 Å². The van der Waals surface area contributed by atoms with E-state index in [1.807, 2.05) is 10.8 Å². The summed E-state index contributed by atoms with van der Waals surface area (Å²) in [5.74, 6) is -1.56. The van der Waals surface area contributed by atoms with Crippen LogP contribution in [0.15, 0.2) is 85.7 Å². The lowest BCUT2D eigenvalue weighted by Crippen LogP contribution is -2.35. The number of nitrogens with one attached hydrogen (secondary N) is 2. The molecule has 1 saturated carbocycles. The number of rotatable bonds is 10. The Morgan fingerprint density at radius 2 is 1.67 bits per heavy atom. The first kappa shape index (κ1) is 26.8. The fourth-order valence-corrected chi connectivity index (χ4v) is 4.34. The zero-order chi connectivity index (χ0) is 29.1. The number of carbonyl (C=O) groups is 2. The van der Waals surface area contributed by atoms with Crippen LogP contribution in [0.1, 0.15) is 12.8 Å². The van der Waals surface area contributed by atoms with Gasteiger partial charge in [0.15, 0.2) is 11.6 Å². The molecule has 0 saturated heterocycles. The molecule has 3 aromatic heterocycles. The van der Waals surface area contributed by atoms with E-state index in [0.29, 0.717) is 54.2 Å². The number of pyridine rings is 2. The third-order valence-corrected chi connectivity index (χ3v) is 6.85. The van der Waals surface area contributed by atoms with E-state index in [4.69, 9.17) is 9.47 Å². The number of halogens is 2. The molecule has 0 radical (unpaired) electrons. The molecule has 1 aliphatic carbocycles. The van der Waals surface area contributed by atoms with E-state index in [-0.39, 0.29) is 11.4 Å². The van der Waals surface area contributed by atoms with Gasteiger partial charge in [-0.25, -0.2) is 18.7 Å². The van der Waals surface area contributed by atoms with Crippen molar-refractivity contribution < 1.29 is 27.8 Å². The second-order valence-corrected chi connectivity index (χ2v) is 9.74. The van der Waals surface area contributed by atoms with Crippen LogP contribution < -0.4 is 20.1 Å². The number of carbonyl (C=O) groups excluding carboxylic acids is 2.